The highest BCUT2D eigenvalue weighted by molar-refractivity contribution is 5.57. The number of ether oxygens (including phenoxy) is 1. The van der Waals surface area contributed by atoms with E-state index in [1.807, 2.05) is 26.0 Å². The number of rotatable bonds is 3. The molecule has 0 aromatic heterocycles. The van der Waals surface area contributed by atoms with Gasteiger partial charge in [0.25, 0.3) is 0 Å². The van der Waals surface area contributed by atoms with Crippen molar-refractivity contribution in [2.45, 2.75) is 26.4 Å². The van der Waals surface area contributed by atoms with Gasteiger partial charge in [-0.1, -0.05) is 19.1 Å². The first-order valence-corrected chi connectivity index (χ1v) is 4.60. The molecule has 0 saturated carbocycles. The van der Waals surface area contributed by atoms with Crippen LogP contribution in [0.25, 0.3) is 0 Å². The normalized spacial score (nSPS) is 11.8. The maximum atomic E-state index is 8.73. The summed E-state index contributed by atoms with van der Waals surface area (Å²) in [5.41, 5.74) is 7.39. The summed E-state index contributed by atoms with van der Waals surface area (Å²) < 4.78 is 5.44. The number of nitrogen functional groups attached to an aromatic ring is 1. The largest absolute Gasteiger partial charge is 0.473 e. The Labute approximate surface area is 84.1 Å². The van der Waals surface area contributed by atoms with Crippen LogP contribution in [0.15, 0.2) is 18.2 Å². The van der Waals surface area contributed by atoms with Crippen LogP contribution in [0.1, 0.15) is 18.9 Å². The van der Waals surface area contributed by atoms with E-state index in [1.165, 1.54) is 0 Å². The minimum absolute atomic E-state index is 0.418. The highest BCUT2D eigenvalue weighted by Gasteiger charge is 2.09. The lowest BCUT2D eigenvalue weighted by Crippen LogP contribution is -2.13. The third-order valence-electron chi connectivity index (χ3n) is 2.07. The summed E-state index contributed by atoms with van der Waals surface area (Å²) in [5.74, 6) is 0.596. The van der Waals surface area contributed by atoms with Gasteiger partial charge >= 0.3 is 0 Å². The number of aryl methyl sites for hydroxylation is 1. The Hall–Kier alpha value is -1.69. The number of nitrogens with zero attached hydrogens (tertiary/aromatic N) is 1. The number of nitriles is 1. The van der Waals surface area contributed by atoms with Crippen LogP contribution in [0, 0.1) is 18.3 Å². The molecule has 74 valence electrons. The van der Waals surface area contributed by atoms with Crippen LogP contribution in [0.3, 0.4) is 0 Å². The number of hydrogen-bond donors (Lipinski definition) is 1. The van der Waals surface area contributed by atoms with E-state index in [1.54, 1.807) is 6.07 Å². The molecule has 3 heteroatoms. The van der Waals surface area contributed by atoms with Crippen LogP contribution in [-0.2, 0) is 0 Å². The van der Waals surface area contributed by atoms with Gasteiger partial charge in [-0.3, -0.25) is 0 Å². The summed E-state index contributed by atoms with van der Waals surface area (Å²) in [7, 11) is 0. The predicted molar refractivity (Wildman–Crippen MR) is 55.9 cm³/mol. The van der Waals surface area contributed by atoms with E-state index in [9.17, 15) is 0 Å². The lowest BCUT2D eigenvalue weighted by atomic mass is 10.2. The van der Waals surface area contributed by atoms with Crippen LogP contribution >= 0.6 is 0 Å². The Balaban J connectivity index is 2.87. The van der Waals surface area contributed by atoms with Gasteiger partial charge in [0, 0.05) is 0 Å². The van der Waals surface area contributed by atoms with Crippen molar-refractivity contribution in [2.75, 3.05) is 5.73 Å². The molecule has 0 fully saturated rings. The number of benzene rings is 1. The lowest BCUT2D eigenvalue weighted by Gasteiger charge is -2.13. The van der Waals surface area contributed by atoms with Crippen molar-refractivity contribution in [3.63, 3.8) is 0 Å². The second-order valence-corrected chi connectivity index (χ2v) is 3.13. The summed E-state index contributed by atoms with van der Waals surface area (Å²) in [6.45, 7) is 3.81. The van der Waals surface area contributed by atoms with Gasteiger partial charge < -0.3 is 10.5 Å². The molecule has 0 aliphatic carbocycles. The quantitative estimate of drug-likeness (QED) is 0.744. The number of nitrogens with two attached hydrogens (primary N) is 1. The molecule has 0 radical (unpaired) electrons. The fraction of sp³-hybridized carbons (Fsp3) is 0.364. The zero-order valence-electron chi connectivity index (χ0n) is 8.45. The fourth-order valence-corrected chi connectivity index (χ4v) is 1.11. The van der Waals surface area contributed by atoms with Gasteiger partial charge in [-0.2, -0.15) is 5.26 Å². The van der Waals surface area contributed by atoms with Crippen molar-refractivity contribution >= 4 is 5.69 Å². The van der Waals surface area contributed by atoms with E-state index < -0.39 is 6.10 Å². The molecule has 3 nitrogen and oxygen atoms in total. The first-order chi connectivity index (χ1) is 6.69. The predicted octanol–water partition coefficient (Wildman–Crippen LogP) is 2.26. The number of para-hydroxylation sites is 1. The van der Waals surface area contributed by atoms with Crippen LogP contribution in [0.5, 0.6) is 5.75 Å². The average Bonchev–Trinajstić information content (AvgIpc) is 2.20. The van der Waals surface area contributed by atoms with Gasteiger partial charge in [0.2, 0.25) is 0 Å². The minimum atomic E-state index is -0.418. The molecule has 1 rings (SSSR count). The number of anilines is 1. The lowest BCUT2D eigenvalue weighted by molar-refractivity contribution is 0.253. The van der Waals surface area contributed by atoms with Crippen LogP contribution in [-0.4, -0.2) is 6.10 Å². The maximum absolute atomic E-state index is 8.73. The van der Waals surface area contributed by atoms with Gasteiger partial charge in [-0.15, -0.1) is 0 Å². The molecular formula is C11H14N2O. The molecule has 0 spiro atoms. The smallest absolute Gasteiger partial charge is 0.184 e. The first kappa shape index (κ1) is 10.4. The zero-order valence-corrected chi connectivity index (χ0v) is 8.45. The van der Waals surface area contributed by atoms with Crippen LogP contribution in [0.4, 0.5) is 5.69 Å². The molecule has 0 bridgehead atoms. The molecule has 1 aromatic rings. The third kappa shape index (κ3) is 2.17. The second kappa shape index (κ2) is 4.52. The second-order valence-electron chi connectivity index (χ2n) is 3.13. The SMILES string of the molecule is CCC(C#N)Oc1cccc(C)c1N. The monoisotopic (exact) mass is 190 g/mol. The maximum Gasteiger partial charge on any atom is 0.184 e. The molecule has 2 N–H and O–H groups in total. The average molecular weight is 190 g/mol. The van der Waals surface area contributed by atoms with Crippen LogP contribution in [0.2, 0.25) is 0 Å². The summed E-state index contributed by atoms with van der Waals surface area (Å²) in [6, 6.07) is 7.63. The Kier molecular flexibility index (Phi) is 3.35. The fourth-order valence-electron chi connectivity index (χ4n) is 1.11. The van der Waals surface area contributed by atoms with E-state index in [-0.39, 0.29) is 0 Å². The highest BCUT2D eigenvalue weighted by atomic mass is 16.5. The minimum Gasteiger partial charge on any atom is -0.473 e. The van der Waals surface area contributed by atoms with E-state index in [0.29, 0.717) is 17.9 Å². The van der Waals surface area contributed by atoms with Crippen molar-refractivity contribution in [3.8, 4) is 11.8 Å². The molecule has 0 amide bonds. The molecule has 14 heavy (non-hydrogen) atoms. The molecule has 1 unspecified atom stereocenters. The van der Waals surface area contributed by atoms with Gasteiger partial charge in [0.15, 0.2) is 6.10 Å². The number of hydrogen-bond acceptors (Lipinski definition) is 3. The topological polar surface area (TPSA) is 59.0 Å². The molecule has 0 saturated heterocycles. The Morgan fingerprint density at radius 1 is 1.57 bits per heavy atom. The van der Waals surface area contributed by atoms with E-state index >= 15 is 0 Å². The zero-order chi connectivity index (χ0) is 10.6. The van der Waals surface area contributed by atoms with Crippen molar-refractivity contribution in [2.24, 2.45) is 0 Å². The van der Waals surface area contributed by atoms with Gasteiger partial charge in [-0.05, 0) is 25.0 Å². The van der Waals surface area contributed by atoms with Crippen molar-refractivity contribution < 1.29 is 4.74 Å². The van der Waals surface area contributed by atoms with E-state index in [2.05, 4.69) is 6.07 Å². The molecule has 1 atom stereocenters. The summed E-state index contributed by atoms with van der Waals surface area (Å²) >= 11 is 0. The standard InChI is InChI=1S/C11H14N2O/c1-3-9(7-12)14-10-6-4-5-8(2)11(10)13/h4-6,9H,3,13H2,1-2H3. The summed E-state index contributed by atoms with van der Waals surface area (Å²) in [6.07, 6.45) is 0.239. The summed E-state index contributed by atoms with van der Waals surface area (Å²) in [4.78, 5) is 0. The van der Waals surface area contributed by atoms with Crippen molar-refractivity contribution in [1.82, 2.24) is 0 Å². The first-order valence-electron chi connectivity index (χ1n) is 4.60. The third-order valence-corrected chi connectivity index (χ3v) is 2.07. The van der Waals surface area contributed by atoms with Crippen molar-refractivity contribution in [3.05, 3.63) is 23.8 Å². The summed E-state index contributed by atoms with van der Waals surface area (Å²) in [5, 5.41) is 8.73. The molecule has 1 aromatic carbocycles. The van der Waals surface area contributed by atoms with Gasteiger partial charge in [0.1, 0.15) is 11.8 Å². The van der Waals surface area contributed by atoms with Crippen molar-refractivity contribution in [1.29, 1.82) is 5.26 Å². The Bertz CT molecular complexity index is 355. The Morgan fingerprint density at radius 2 is 2.29 bits per heavy atom. The molecule has 0 heterocycles. The molecule has 0 aliphatic heterocycles. The van der Waals surface area contributed by atoms with Gasteiger partial charge in [0.05, 0.1) is 5.69 Å². The Morgan fingerprint density at radius 3 is 2.86 bits per heavy atom. The van der Waals surface area contributed by atoms with Gasteiger partial charge in [-0.25, -0.2) is 0 Å². The molecular weight excluding hydrogens is 176 g/mol. The van der Waals surface area contributed by atoms with E-state index in [4.69, 9.17) is 15.7 Å². The van der Waals surface area contributed by atoms with E-state index in [0.717, 1.165) is 5.56 Å². The molecule has 0 aliphatic rings. The highest BCUT2D eigenvalue weighted by Crippen LogP contribution is 2.25. The van der Waals surface area contributed by atoms with Crippen LogP contribution < -0.4 is 10.5 Å².